The van der Waals surface area contributed by atoms with E-state index >= 15 is 0 Å². The molecule has 1 fully saturated rings. The van der Waals surface area contributed by atoms with Gasteiger partial charge in [0.1, 0.15) is 0 Å². The minimum atomic E-state index is -0.703. The number of carbonyl (C=O) groups excluding carboxylic acids is 1. The predicted molar refractivity (Wildman–Crippen MR) is 61.6 cm³/mol. The Balaban J connectivity index is 2.31. The molecule has 0 radical (unpaired) electrons. The van der Waals surface area contributed by atoms with Gasteiger partial charge in [-0.2, -0.15) is 0 Å². The maximum absolute atomic E-state index is 11.2. The van der Waals surface area contributed by atoms with Crippen molar-refractivity contribution < 1.29 is 9.72 Å². The summed E-state index contributed by atoms with van der Waals surface area (Å²) in [6.45, 7) is 0. The summed E-state index contributed by atoms with van der Waals surface area (Å²) in [7, 11) is 0. The molecule has 1 aromatic carbocycles. The Morgan fingerprint density at radius 1 is 1.53 bits per heavy atom. The van der Waals surface area contributed by atoms with Gasteiger partial charge < -0.3 is 16.8 Å². The van der Waals surface area contributed by atoms with Gasteiger partial charge in [0, 0.05) is 29.9 Å². The number of hydrogen-bond acceptors (Lipinski definition) is 5. The van der Waals surface area contributed by atoms with Crippen molar-refractivity contribution in [2.45, 2.75) is 18.5 Å². The van der Waals surface area contributed by atoms with E-state index in [0.29, 0.717) is 5.69 Å². The van der Waals surface area contributed by atoms with E-state index in [4.69, 9.17) is 11.5 Å². The molecular formula is C10H12N4O3. The molecule has 5 N–H and O–H groups in total. The van der Waals surface area contributed by atoms with E-state index in [1.54, 1.807) is 0 Å². The quantitative estimate of drug-likeness (QED) is 0.509. The van der Waals surface area contributed by atoms with E-state index in [2.05, 4.69) is 5.32 Å². The van der Waals surface area contributed by atoms with Crippen LogP contribution in [0.4, 0.5) is 11.4 Å². The van der Waals surface area contributed by atoms with Crippen molar-refractivity contribution in [3.8, 4) is 0 Å². The molecule has 0 heterocycles. The summed E-state index contributed by atoms with van der Waals surface area (Å²) in [5.74, 6) is -0.703. The molecule has 1 saturated carbocycles. The van der Waals surface area contributed by atoms with E-state index in [9.17, 15) is 14.9 Å². The monoisotopic (exact) mass is 236 g/mol. The van der Waals surface area contributed by atoms with Crippen LogP contribution < -0.4 is 16.8 Å². The first-order valence-corrected chi connectivity index (χ1v) is 5.09. The molecule has 2 atom stereocenters. The van der Waals surface area contributed by atoms with Gasteiger partial charge in [-0.25, -0.2) is 0 Å². The second-order valence-electron chi connectivity index (χ2n) is 4.00. The van der Waals surface area contributed by atoms with Crippen LogP contribution in [0.5, 0.6) is 0 Å². The van der Waals surface area contributed by atoms with Crippen LogP contribution in [-0.4, -0.2) is 22.9 Å². The Morgan fingerprint density at radius 3 is 2.65 bits per heavy atom. The number of carbonyl (C=O) groups is 1. The number of rotatable bonds is 4. The van der Waals surface area contributed by atoms with Gasteiger partial charge in [-0.15, -0.1) is 0 Å². The number of non-ortho nitro benzene ring substituents is 1. The summed E-state index contributed by atoms with van der Waals surface area (Å²) in [6, 6.07) is 4.13. The number of amides is 1. The van der Waals surface area contributed by atoms with Crippen LogP contribution in [-0.2, 0) is 0 Å². The van der Waals surface area contributed by atoms with Crippen molar-refractivity contribution >= 4 is 17.3 Å². The second-order valence-corrected chi connectivity index (χ2v) is 4.00. The Hall–Kier alpha value is -2.15. The molecule has 0 spiro atoms. The predicted octanol–water partition coefficient (Wildman–Crippen LogP) is 0.205. The van der Waals surface area contributed by atoms with Gasteiger partial charge in [-0.3, -0.25) is 14.9 Å². The van der Waals surface area contributed by atoms with Gasteiger partial charge in [-0.1, -0.05) is 0 Å². The number of anilines is 1. The van der Waals surface area contributed by atoms with E-state index in [0.717, 1.165) is 6.42 Å². The summed E-state index contributed by atoms with van der Waals surface area (Å²) in [5.41, 5.74) is 11.2. The first-order valence-electron chi connectivity index (χ1n) is 5.09. The molecular weight excluding hydrogens is 224 g/mol. The van der Waals surface area contributed by atoms with Crippen LogP contribution in [0, 0.1) is 10.1 Å². The number of nitro groups is 1. The topological polar surface area (TPSA) is 124 Å². The van der Waals surface area contributed by atoms with Crippen LogP contribution in [0.1, 0.15) is 16.8 Å². The van der Waals surface area contributed by atoms with Crippen LogP contribution in [0.3, 0.4) is 0 Å². The lowest BCUT2D eigenvalue weighted by atomic mass is 10.1. The third-order valence-electron chi connectivity index (χ3n) is 2.66. The molecule has 7 heteroatoms. The van der Waals surface area contributed by atoms with Gasteiger partial charge in [0.2, 0.25) is 0 Å². The van der Waals surface area contributed by atoms with Crippen molar-refractivity contribution in [2.24, 2.45) is 11.5 Å². The standard InChI is InChI=1S/C10H12N4O3/c11-7-4-9(7)13-8-2-1-5(14(16)17)3-6(8)10(12)15/h1-3,7,9,13H,4,11H2,(H2,12,15). The fourth-order valence-electron chi connectivity index (χ4n) is 1.56. The third-order valence-corrected chi connectivity index (χ3v) is 2.66. The average molecular weight is 236 g/mol. The van der Waals surface area contributed by atoms with Gasteiger partial charge in [0.05, 0.1) is 10.5 Å². The number of nitrogens with zero attached hydrogens (tertiary/aromatic N) is 1. The zero-order valence-corrected chi connectivity index (χ0v) is 8.92. The fraction of sp³-hybridized carbons (Fsp3) is 0.300. The average Bonchev–Trinajstić information content (AvgIpc) is 2.94. The van der Waals surface area contributed by atoms with Crippen LogP contribution in [0.15, 0.2) is 18.2 Å². The smallest absolute Gasteiger partial charge is 0.270 e. The van der Waals surface area contributed by atoms with E-state index in [1.165, 1.54) is 18.2 Å². The number of nitrogens with two attached hydrogens (primary N) is 2. The van der Waals surface area contributed by atoms with Gasteiger partial charge in [0.25, 0.3) is 11.6 Å². The molecule has 1 aliphatic carbocycles. The van der Waals surface area contributed by atoms with Gasteiger partial charge in [0.15, 0.2) is 0 Å². The highest BCUT2D eigenvalue weighted by Crippen LogP contribution is 2.28. The number of nitrogens with one attached hydrogen (secondary N) is 1. The van der Waals surface area contributed by atoms with Crippen molar-refractivity contribution in [1.82, 2.24) is 0 Å². The number of nitro benzene ring substituents is 1. The minimum absolute atomic E-state index is 0.0610. The molecule has 2 unspecified atom stereocenters. The van der Waals surface area contributed by atoms with E-state index in [-0.39, 0.29) is 23.3 Å². The lowest BCUT2D eigenvalue weighted by molar-refractivity contribution is -0.384. The lowest BCUT2D eigenvalue weighted by Gasteiger charge is -2.08. The second kappa shape index (κ2) is 4.02. The SMILES string of the molecule is NC(=O)c1cc([N+](=O)[O-])ccc1NC1CC1N. The molecule has 1 amide bonds. The van der Waals surface area contributed by atoms with Crippen molar-refractivity contribution in [3.05, 3.63) is 33.9 Å². The normalized spacial score (nSPS) is 21.9. The van der Waals surface area contributed by atoms with Gasteiger partial charge in [-0.05, 0) is 12.5 Å². The fourth-order valence-corrected chi connectivity index (χ4v) is 1.56. The van der Waals surface area contributed by atoms with Crippen LogP contribution >= 0.6 is 0 Å². The molecule has 0 aromatic heterocycles. The Morgan fingerprint density at radius 2 is 2.18 bits per heavy atom. The number of primary amides is 1. The summed E-state index contributed by atoms with van der Waals surface area (Å²) < 4.78 is 0. The number of hydrogen-bond donors (Lipinski definition) is 3. The van der Waals surface area contributed by atoms with Crippen molar-refractivity contribution in [2.75, 3.05) is 5.32 Å². The summed E-state index contributed by atoms with van der Waals surface area (Å²) in [4.78, 5) is 21.2. The lowest BCUT2D eigenvalue weighted by Crippen LogP contribution is -2.18. The first kappa shape index (κ1) is 11.3. The summed E-state index contributed by atoms with van der Waals surface area (Å²) in [5, 5.41) is 13.6. The molecule has 90 valence electrons. The van der Waals surface area contributed by atoms with Crippen molar-refractivity contribution in [1.29, 1.82) is 0 Å². The molecule has 7 nitrogen and oxygen atoms in total. The van der Waals surface area contributed by atoms with Crippen molar-refractivity contribution in [3.63, 3.8) is 0 Å². The Labute approximate surface area is 96.9 Å². The van der Waals surface area contributed by atoms with Gasteiger partial charge >= 0.3 is 0 Å². The molecule has 0 saturated heterocycles. The number of benzene rings is 1. The largest absolute Gasteiger partial charge is 0.380 e. The Kier molecular flexibility index (Phi) is 2.68. The molecule has 0 bridgehead atoms. The molecule has 2 rings (SSSR count). The van der Waals surface area contributed by atoms with E-state index < -0.39 is 10.8 Å². The van der Waals surface area contributed by atoms with Crippen LogP contribution in [0.2, 0.25) is 0 Å². The highest BCUT2D eigenvalue weighted by atomic mass is 16.6. The third kappa shape index (κ3) is 2.34. The molecule has 0 aliphatic heterocycles. The molecule has 1 aliphatic rings. The summed E-state index contributed by atoms with van der Waals surface area (Å²) in [6.07, 6.45) is 0.815. The zero-order chi connectivity index (χ0) is 12.6. The van der Waals surface area contributed by atoms with E-state index in [1.807, 2.05) is 0 Å². The summed E-state index contributed by atoms with van der Waals surface area (Å²) >= 11 is 0. The molecule has 17 heavy (non-hydrogen) atoms. The highest BCUT2D eigenvalue weighted by molar-refractivity contribution is 5.99. The minimum Gasteiger partial charge on any atom is -0.380 e. The maximum Gasteiger partial charge on any atom is 0.270 e. The molecule has 1 aromatic rings. The zero-order valence-electron chi connectivity index (χ0n) is 8.92. The first-order chi connectivity index (χ1) is 7.99. The highest BCUT2D eigenvalue weighted by Gasteiger charge is 2.34. The Bertz CT molecular complexity index is 488. The maximum atomic E-state index is 11.2. The van der Waals surface area contributed by atoms with Crippen LogP contribution in [0.25, 0.3) is 0 Å².